The topological polar surface area (TPSA) is 61.8 Å². The average molecular weight is 386 g/mol. The van der Waals surface area contributed by atoms with Gasteiger partial charge in [0.15, 0.2) is 11.2 Å². The lowest BCUT2D eigenvalue weighted by atomic mass is 10.1. The second-order valence-corrected chi connectivity index (χ2v) is 7.90. The molecule has 0 atom stereocenters. The molecule has 0 saturated heterocycles. The SMILES string of the molecule is Cc1cccc(Cn2cnc3c2c(=O)n(C2CC2)c(=O)n3-c2cccc(C)c2)c1. The van der Waals surface area contributed by atoms with Gasteiger partial charge in [0, 0.05) is 12.6 Å². The van der Waals surface area contributed by atoms with Crippen LogP contribution in [-0.4, -0.2) is 18.7 Å². The maximum atomic E-state index is 13.3. The van der Waals surface area contributed by atoms with Crippen LogP contribution in [0.2, 0.25) is 0 Å². The maximum Gasteiger partial charge on any atom is 0.337 e. The number of benzene rings is 2. The van der Waals surface area contributed by atoms with Crippen LogP contribution in [-0.2, 0) is 6.54 Å². The van der Waals surface area contributed by atoms with E-state index in [9.17, 15) is 9.59 Å². The Labute approximate surface area is 167 Å². The van der Waals surface area contributed by atoms with E-state index in [4.69, 9.17) is 0 Å². The fraction of sp³-hybridized carbons (Fsp3) is 0.261. The molecular formula is C23H22N4O2. The normalized spacial score (nSPS) is 13.9. The fourth-order valence-corrected chi connectivity index (χ4v) is 3.93. The van der Waals surface area contributed by atoms with Crippen molar-refractivity contribution in [1.82, 2.24) is 18.7 Å². The predicted molar refractivity (Wildman–Crippen MR) is 113 cm³/mol. The van der Waals surface area contributed by atoms with Crippen molar-refractivity contribution in [3.05, 3.63) is 92.4 Å². The Morgan fingerprint density at radius 3 is 2.41 bits per heavy atom. The molecule has 0 aliphatic heterocycles. The van der Waals surface area contributed by atoms with Crippen LogP contribution in [0.4, 0.5) is 0 Å². The summed E-state index contributed by atoms with van der Waals surface area (Å²) < 4.78 is 4.85. The van der Waals surface area contributed by atoms with E-state index in [1.807, 2.05) is 60.9 Å². The summed E-state index contributed by atoms with van der Waals surface area (Å²) in [5, 5.41) is 0. The molecule has 6 nitrogen and oxygen atoms in total. The Hall–Kier alpha value is -3.41. The van der Waals surface area contributed by atoms with Gasteiger partial charge in [-0.25, -0.2) is 14.3 Å². The highest BCUT2D eigenvalue weighted by Gasteiger charge is 2.30. The zero-order valence-electron chi connectivity index (χ0n) is 16.5. The molecule has 4 aromatic rings. The van der Waals surface area contributed by atoms with Crippen molar-refractivity contribution in [3.63, 3.8) is 0 Å². The highest BCUT2D eigenvalue weighted by Crippen LogP contribution is 2.32. The quantitative estimate of drug-likeness (QED) is 0.540. The molecule has 2 aromatic heterocycles. The van der Waals surface area contributed by atoms with Gasteiger partial charge in [-0.1, -0.05) is 42.0 Å². The molecule has 0 radical (unpaired) electrons. The summed E-state index contributed by atoms with van der Waals surface area (Å²) in [6.45, 7) is 4.56. The van der Waals surface area contributed by atoms with Gasteiger partial charge >= 0.3 is 5.69 Å². The standard InChI is InChI=1S/C23H22N4O2/c1-15-5-3-7-17(11-15)13-25-14-24-21-20(25)22(28)27(18-9-10-18)23(29)26(21)19-8-4-6-16(2)12-19/h3-8,11-12,14,18H,9-10,13H2,1-2H3. The van der Waals surface area contributed by atoms with Gasteiger partial charge < -0.3 is 4.57 Å². The van der Waals surface area contributed by atoms with Gasteiger partial charge in [0.1, 0.15) is 0 Å². The van der Waals surface area contributed by atoms with E-state index in [0.29, 0.717) is 17.7 Å². The summed E-state index contributed by atoms with van der Waals surface area (Å²) in [5.41, 5.74) is 4.36. The number of imidazole rings is 1. The number of aryl methyl sites for hydroxylation is 2. The number of hydrogen-bond acceptors (Lipinski definition) is 3. The Morgan fingerprint density at radius 1 is 1.00 bits per heavy atom. The largest absolute Gasteiger partial charge is 0.337 e. The third-order valence-corrected chi connectivity index (χ3v) is 5.46. The van der Waals surface area contributed by atoms with Crippen LogP contribution in [0.15, 0.2) is 64.4 Å². The van der Waals surface area contributed by atoms with Gasteiger partial charge in [-0.05, 0) is 49.9 Å². The third-order valence-electron chi connectivity index (χ3n) is 5.46. The number of nitrogens with zero attached hydrogens (tertiary/aromatic N) is 4. The zero-order chi connectivity index (χ0) is 20.1. The summed E-state index contributed by atoms with van der Waals surface area (Å²) in [6, 6.07) is 15.9. The molecule has 6 heteroatoms. The van der Waals surface area contributed by atoms with Crippen molar-refractivity contribution in [2.45, 2.75) is 39.3 Å². The lowest BCUT2D eigenvalue weighted by Gasteiger charge is -2.13. The van der Waals surface area contributed by atoms with Crippen LogP contribution in [0.3, 0.4) is 0 Å². The highest BCUT2D eigenvalue weighted by molar-refractivity contribution is 5.72. The molecule has 1 saturated carbocycles. The van der Waals surface area contributed by atoms with Crippen molar-refractivity contribution >= 4 is 11.2 Å². The van der Waals surface area contributed by atoms with E-state index >= 15 is 0 Å². The minimum atomic E-state index is -0.309. The molecular weight excluding hydrogens is 364 g/mol. The van der Waals surface area contributed by atoms with E-state index < -0.39 is 0 Å². The lowest BCUT2D eigenvalue weighted by Crippen LogP contribution is -2.39. The average Bonchev–Trinajstić information content (AvgIpc) is 3.43. The monoisotopic (exact) mass is 386 g/mol. The Bertz CT molecular complexity index is 1360. The number of aromatic nitrogens is 4. The Balaban J connectivity index is 1.78. The summed E-state index contributed by atoms with van der Waals surface area (Å²) in [4.78, 5) is 31.1. The number of rotatable bonds is 4. The summed E-state index contributed by atoms with van der Waals surface area (Å²) >= 11 is 0. The van der Waals surface area contributed by atoms with E-state index in [0.717, 1.165) is 29.7 Å². The molecule has 1 aliphatic rings. The lowest BCUT2D eigenvalue weighted by molar-refractivity contribution is 0.639. The van der Waals surface area contributed by atoms with Gasteiger partial charge in [-0.2, -0.15) is 0 Å². The van der Waals surface area contributed by atoms with Gasteiger partial charge in [-0.15, -0.1) is 0 Å². The molecule has 0 unspecified atom stereocenters. The van der Waals surface area contributed by atoms with E-state index in [-0.39, 0.29) is 17.3 Å². The first kappa shape index (κ1) is 17.7. The minimum Gasteiger partial charge on any atom is -0.320 e. The van der Waals surface area contributed by atoms with Crippen molar-refractivity contribution < 1.29 is 0 Å². The van der Waals surface area contributed by atoms with Crippen molar-refractivity contribution in [2.75, 3.05) is 0 Å². The van der Waals surface area contributed by atoms with Crippen molar-refractivity contribution in [3.8, 4) is 5.69 Å². The number of fused-ring (bicyclic) bond motifs is 1. The first-order valence-corrected chi connectivity index (χ1v) is 9.88. The molecule has 5 rings (SSSR count). The van der Waals surface area contributed by atoms with Crippen molar-refractivity contribution in [1.29, 1.82) is 0 Å². The van der Waals surface area contributed by atoms with E-state index in [1.165, 1.54) is 10.1 Å². The maximum absolute atomic E-state index is 13.3. The van der Waals surface area contributed by atoms with Gasteiger partial charge in [-0.3, -0.25) is 9.36 Å². The van der Waals surface area contributed by atoms with Gasteiger partial charge in [0.25, 0.3) is 5.56 Å². The van der Waals surface area contributed by atoms with Crippen LogP contribution in [0, 0.1) is 13.8 Å². The molecule has 2 heterocycles. The molecule has 1 aliphatic carbocycles. The Kier molecular flexibility index (Phi) is 4.01. The van der Waals surface area contributed by atoms with Crippen LogP contribution >= 0.6 is 0 Å². The molecule has 0 amide bonds. The third kappa shape index (κ3) is 3.01. The molecule has 29 heavy (non-hydrogen) atoms. The zero-order valence-corrected chi connectivity index (χ0v) is 16.5. The number of hydrogen-bond donors (Lipinski definition) is 0. The molecule has 0 bridgehead atoms. The van der Waals surface area contributed by atoms with Crippen LogP contribution in [0.5, 0.6) is 0 Å². The predicted octanol–water partition coefficient (Wildman–Crippen LogP) is 3.35. The molecule has 146 valence electrons. The first-order chi connectivity index (χ1) is 14.0. The summed E-state index contributed by atoms with van der Waals surface area (Å²) in [7, 11) is 0. The smallest absolute Gasteiger partial charge is 0.320 e. The van der Waals surface area contributed by atoms with Crippen LogP contribution in [0.25, 0.3) is 16.9 Å². The van der Waals surface area contributed by atoms with Gasteiger partial charge in [0.05, 0.1) is 12.0 Å². The first-order valence-electron chi connectivity index (χ1n) is 9.88. The second kappa shape index (κ2) is 6.58. The van der Waals surface area contributed by atoms with E-state index in [2.05, 4.69) is 11.1 Å². The van der Waals surface area contributed by atoms with Gasteiger partial charge in [0.2, 0.25) is 0 Å². The molecule has 1 fully saturated rings. The highest BCUT2D eigenvalue weighted by atomic mass is 16.2. The summed E-state index contributed by atoms with van der Waals surface area (Å²) in [6.07, 6.45) is 3.39. The Morgan fingerprint density at radius 2 is 1.72 bits per heavy atom. The van der Waals surface area contributed by atoms with Crippen molar-refractivity contribution in [2.24, 2.45) is 0 Å². The fourth-order valence-electron chi connectivity index (χ4n) is 3.93. The molecule has 0 spiro atoms. The second-order valence-electron chi connectivity index (χ2n) is 7.90. The van der Waals surface area contributed by atoms with Crippen LogP contribution in [0.1, 0.15) is 35.6 Å². The molecule has 2 aromatic carbocycles. The summed E-state index contributed by atoms with van der Waals surface area (Å²) in [5.74, 6) is 0. The van der Waals surface area contributed by atoms with Crippen LogP contribution < -0.4 is 11.2 Å². The van der Waals surface area contributed by atoms with E-state index in [1.54, 1.807) is 10.9 Å². The molecule has 0 N–H and O–H groups in total. The minimum absolute atomic E-state index is 0.0159.